The van der Waals surface area contributed by atoms with Crippen LogP contribution in [-0.2, 0) is 4.74 Å². The summed E-state index contributed by atoms with van der Waals surface area (Å²) in [6, 6.07) is 5.94. The summed E-state index contributed by atoms with van der Waals surface area (Å²) in [5.41, 5.74) is 2.40. The number of halogens is 1. The molecule has 1 unspecified atom stereocenters. The summed E-state index contributed by atoms with van der Waals surface area (Å²) in [5, 5.41) is 10.2. The molecule has 1 saturated heterocycles. The van der Waals surface area contributed by atoms with Crippen LogP contribution in [0.15, 0.2) is 30.6 Å². The van der Waals surface area contributed by atoms with Gasteiger partial charge < -0.3 is 19.7 Å². The van der Waals surface area contributed by atoms with Gasteiger partial charge in [-0.1, -0.05) is 11.6 Å². The number of aromatic nitrogens is 4. The molecule has 1 saturated carbocycles. The highest BCUT2D eigenvalue weighted by molar-refractivity contribution is 6.31. The molecule has 8 heteroatoms. The number of hydrogen-bond acceptors (Lipinski definition) is 6. The van der Waals surface area contributed by atoms with Crippen molar-refractivity contribution in [3.63, 3.8) is 0 Å². The summed E-state index contributed by atoms with van der Waals surface area (Å²) in [4.78, 5) is 19.1. The second-order valence-electron chi connectivity index (χ2n) is 9.57. The topological polar surface area (TPSA) is 87.2 Å². The molecule has 2 aliphatic rings. The van der Waals surface area contributed by atoms with Crippen LogP contribution < -0.4 is 4.90 Å². The Morgan fingerprint density at radius 2 is 1.85 bits per heavy atom. The zero-order valence-corrected chi connectivity index (χ0v) is 19.8. The highest BCUT2D eigenvalue weighted by Crippen LogP contribution is 2.32. The van der Waals surface area contributed by atoms with E-state index in [1.54, 1.807) is 6.20 Å². The van der Waals surface area contributed by atoms with Gasteiger partial charge in [0.05, 0.1) is 28.9 Å². The van der Waals surface area contributed by atoms with Crippen molar-refractivity contribution in [1.82, 2.24) is 19.9 Å². The molecule has 33 heavy (non-hydrogen) atoms. The number of H-pyrrole nitrogens is 1. The number of ether oxygens (including phenoxy) is 1. The van der Waals surface area contributed by atoms with Crippen LogP contribution in [0.3, 0.4) is 0 Å². The molecule has 1 aliphatic carbocycles. The van der Waals surface area contributed by atoms with Crippen LogP contribution in [0.2, 0.25) is 5.02 Å². The molecule has 5 rings (SSSR count). The average molecular weight is 470 g/mol. The van der Waals surface area contributed by atoms with Crippen molar-refractivity contribution in [2.75, 3.05) is 18.0 Å². The van der Waals surface area contributed by atoms with E-state index < -0.39 is 0 Å². The Hall–Kier alpha value is -2.22. The molecule has 7 nitrogen and oxygen atoms in total. The first-order chi connectivity index (χ1) is 16.0. The lowest BCUT2D eigenvalue weighted by molar-refractivity contribution is -0.0480. The summed E-state index contributed by atoms with van der Waals surface area (Å²) in [5.74, 6) is 2.40. The molecule has 2 N–H and O–H groups in total. The van der Waals surface area contributed by atoms with Gasteiger partial charge in [0.2, 0.25) is 0 Å². The minimum Gasteiger partial charge on any atom is -0.393 e. The van der Waals surface area contributed by atoms with Crippen LogP contribution in [0.4, 0.5) is 5.82 Å². The van der Waals surface area contributed by atoms with Crippen LogP contribution >= 0.6 is 11.6 Å². The van der Waals surface area contributed by atoms with E-state index in [1.807, 2.05) is 19.2 Å². The van der Waals surface area contributed by atoms with Crippen molar-refractivity contribution in [2.45, 2.75) is 70.2 Å². The predicted octanol–water partition coefficient (Wildman–Crippen LogP) is 4.99. The first-order valence-electron chi connectivity index (χ1n) is 12.1. The van der Waals surface area contributed by atoms with Gasteiger partial charge in [0.1, 0.15) is 11.6 Å². The Morgan fingerprint density at radius 1 is 1.09 bits per heavy atom. The zero-order valence-electron chi connectivity index (χ0n) is 19.1. The van der Waals surface area contributed by atoms with Crippen molar-refractivity contribution < 1.29 is 9.84 Å². The monoisotopic (exact) mass is 469 g/mol. The van der Waals surface area contributed by atoms with Crippen LogP contribution in [0.1, 0.15) is 51.9 Å². The van der Waals surface area contributed by atoms with E-state index in [0.717, 1.165) is 67.9 Å². The molecule has 3 aromatic heterocycles. The summed E-state index contributed by atoms with van der Waals surface area (Å²) < 4.78 is 6.45. The molecule has 0 spiro atoms. The minimum absolute atomic E-state index is 0.186. The van der Waals surface area contributed by atoms with E-state index in [4.69, 9.17) is 21.3 Å². The number of aromatic amines is 1. The van der Waals surface area contributed by atoms with Crippen LogP contribution in [0, 0.1) is 5.92 Å². The Kier molecular flexibility index (Phi) is 6.81. The molecule has 0 radical (unpaired) electrons. The Balaban J connectivity index is 1.12. The van der Waals surface area contributed by atoms with E-state index in [2.05, 4.69) is 32.0 Å². The molecule has 0 bridgehead atoms. The van der Waals surface area contributed by atoms with Crippen molar-refractivity contribution >= 4 is 28.6 Å². The quantitative estimate of drug-likeness (QED) is 0.529. The lowest BCUT2D eigenvalue weighted by atomic mass is 9.84. The molecule has 0 amide bonds. The number of imidazole rings is 1. The van der Waals surface area contributed by atoms with Gasteiger partial charge in [-0.2, -0.15) is 0 Å². The van der Waals surface area contributed by atoms with Crippen molar-refractivity contribution in [1.29, 1.82) is 0 Å². The molecule has 1 aliphatic heterocycles. The highest BCUT2D eigenvalue weighted by atomic mass is 35.5. The number of piperidine rings is 1. The normalized spacial score (nSPS) is 23.2. The Bertz CT molecular complexity index is 1050. The van der Waals surface area contributed by atoms with Gasteiger partial charge in [0, 0.05) is 31.0 Å². The van der Waals surface area contributed by atoms with Gasteiger partial charge in [-0.25, -0.2) is 15.0 Å². The third kappa shape index (κ3) is 5.48. The molecule has 4 heterocycles. The van der Waals surface area contributed by atoms with E-state index in [9.17, 15) is 5.11 Å². The number of nitrogens with zero attached hydrogens (tertiary/aromatic N) is 4. The number of pyridine rings is 2. The smallest absolute Gasteiger partial charge is 0.178 e. The molecule has 176 valence electrons. The molecule has 0 aromatic carbocycles. The SMILES string of the molecule is CC(O)CC1CCC(OC2CCN(c3ccc(-c4nc5ncc(Cl)cc5[nH]4)cn3)CC2)CC1. The third-order valence-electron chi connectivity index (χ3n) is 6.94. The van der Waals surface area contributed by atoms with Gasteiger partial charge in [0.15, 0.2) is 5.65 Å². The second-order valence-corrected chi connectivity index (χ2v) is 10.0. The van der Waals surface area contributed by atoms with Crippen molar-refractivity contribution in [2.24, 2.45) is 5.92 Å². The summed E-state index contributed by atoms with van der Waals surface area (Å²) in [6.07, 6.45) is 11.6. The Labute approximate surface area is 199 Å². The van der Waals surface area contributed by atoms with E-state index in [0.29, 0.717) is 28.8 Å². The molecule has 2 fully saturated rings. The largest absolute Gasteiger partial charge is 0.393 e. The number of rotatable bonds is 6. The second kappa shape index (κ2) is 9.95. The number of aliphatic hydroxyl groups is 1. The van der Waals surface area contributed by atoms with Gasteiger partial charge in [0.25, 0.3) is 0 Å². The maximum absolute atomic E-state index is 9.61. The lowest BCUT2D eigenvalue weighted by Crippen LogP contribution is -2.39. The number of hydrogen-bond donors (Lipinski definition) is 2. The van der Waals surface area contributed by atoms with Crippen LogP contribution in [0.25, 0.3) is 22.6 Å². The van der Waals surface area contributed by atoms with Gasteiger partial charge in [-0.05, 0) is 76.0 Å². The van der Waals surface area contributed by atoms with Gasteiger partial charge in [-0.3, -0.25) is 0 Å². The molecular formula is C25H32ClN5O2. The van der Waals surface area contributed by atoms with Gasteiger partial charge in [-0.15, -0.1) is 0 Å². The summed E-state index contributed by atoms with van der Waals surface area (Å²) in [7, 11) is 0. The fraction of sp³-hybridized carbons (Fsp3) is 0.560. The van der Waals surface area contributed by atoms with Crippen molar-refractivity contribution in [3.05, 3.63) is 35.6 Å². The number of fused-ring (bicyclic) bond motifs is 1. The average Bonchev–Trinajstić information content (AvgIpc) is 3.24. The Morgan fingerprint density at radius 3 is 2.55 bits per heavy atom. The van der Waals surface area contributed by atoms with Crippen LogP contribution in [-0.4, -0.2) is 56.4 Å². The fourth-order valence-corrected chi connectivity index (χ4v) is 5.36. The minimum atomic E-state index is -0.186. The molecular weight excluding hydrogens is 438 g/mol. The number of aliphatic hydroxyl groups excluding tert-OH is 1. The van der Waals surface area contributed by atoms with Crippen LogP contribution in [0.5, 0.6) is 0 Å². The van der Waals surface area contributed by atoms with E-state index >= 15 is 0 Å². The lowest BCUT2D eigenvalue weighted by Gasteiger charge is -2.36. The zero-order chi connectivity index (χ0) is 22.8. The summed E-state index contributed by atoms with van der Waals surface area (Å²) in [6.45, 7) is 3.81. The highest BCUT2D eigenvalue weighted by Gasteiger charge is 2.27. The van der Waals surface area contributed by atoms with E-state index in [-0.39, 0.29) is 6.10 Å². The van der Waals surface area contributed by atoms with Crippen molar-refractivity contribution in [3.8, 4) is 11.4 Å². The number of anilines is 1. The fourth-order valence-electron chi connectivity index (χ4n) is 5.20. The number of nitrogens with one attached hydrogen (secondary N) is 1. The standard InChI is InChI=1S/C25H32ClN5O2/c1-16(32)12-17-2-5-20(6-3-17)33-21-8-10-31(11-9-21)23-7-4-18(14-27-23)24-29-22-13-19(26)15-28-25(22)30-24/h4,7,13-17,20-21,32H,2-3,5-6,8-12H2,1H3,(H,28,29,30). The third-order valence-corrected chi connectivity index (χ3v) is 7.15. The first kappa shape index (κ1) is 22.6. The molecule has 3 aromatic rings. The predicted molar refractivity (Wildman–Crippen MR) is 130 cm³/mol. The maximum atomic E-state index is 9.61. The van der Waals surface area contributed by atoms with Gasteiger partial charge >= 0.3 is 0 Å². The maximum Gasteiger partial charge on any atom is 0.178 e. The summed E-state index contributed by atoms with van der Waals surface area (Å²) >= 11 is 6.02. The molecule has 1 atom stereocenters. The van der Waals surface area contributed by atoms with E-state index in [1.165, 1.54) is 12.8 Å². The first-order valence-corrected chi connectivity index (χ1v) is 12.5.